The van der Waals surface area contributed by atoms with Crippen molar-refractivity contribution < 1.29 is 14.7 Å². The van der Waals surface area contributed by atoms with Crippen LogP contribution >= 0.6 is 0 Å². The third-order valence-corrected chi connectivity index (χ3v) is 4.24. The van der Waals surface area contributed by atoms with Crippen molar-refractivity contribution in [2.45, 2.75) is 57.9 Å². The van der Waals surface area contributed by atoms with Crippen molar-refractivity contribution in [3.05, 3.63) is 35.4 Å². The van der Waals surface area contributed by atoms with Crippen LogP contribution in [0.1, 0.15) is 56.6 Å². The maximum Gasteiger partial charge on any atom is 0.326 e. The molecule has 1 aromatic carbocycles. The highest BCUT2D eigenvalue weighted by Crippen LogP contribution is 2.34. The van der Waals surface area contributed by atoms with Gasteiger partial charge in [-0.25, -0.2) is 4.79 Å². The van der Waals surface area contributed by atoms with Crippen molar-refractivity contribution in [3.63, 3.8) is 0 Å². The summed E-state index contributed by atoms with van der Waals surface area (Å²) in [5.41, 5.74) is 2.56. The van der Waals surface area contributed by atoms with Gasteiger partial charge in [0.25, 0.3) is 0 Å². The Morgan fingerprint density at radius 2 is 2.05 bits per heavy atom. The number of carbonyl (C=O) groups is 2. The number of carbonyl (C=O) groups excluding carboxylic acids is 1. The lowest BCUT2D eigenvalue weighted by atomic mass is 9.79. The number of fused-ring (bicyclic) bond motifs is 1. The number of nitrogens with one attached hydrogen (secondary N) is 1. The van der Waals surface area contributed by atoms with E-state index in [1.807, 2.05) is 26.0 Å². The van der Waals surface area contributed by atoms with E-state index in [-0.39, 0.29) is 17.7 Å². The van der Waals surface area contributed by atoms with Gasteiger partial charge in [0, 0.05) is 6.42 Å². The highest BCUT2D eigenvalue weighted by Gasteiger charge is 2.28. The molecule has 0 fully saturated rings. The maximum atomic E-state index is 11.9. The lowest BCUT2D eigenvalue weighted by molar-refractivity contribution is -0.142. The number of benzene rings is 1. The minimum absolute atomic E-state index is 0.175. The summed E-state index contributed by atoms with van der Waals surface area (Å²) in [6.45, 7) is 3.90. The Balaban J connectivity index is 2.06. The van der Waals surface area contributed by atoms with E-state index in [1.165, 1.54) is 11.1 Å². The van der Waals surface area contributed by atoms with Gasteiger partial charge in [-0.15, -0.1) is 0 Å². The Morgan fingerprint density at radius 3 is 2.73 bits per heavy atom. The van der Waals surface area contributed by atoms with Crippen molar-refractivity contribution in [1.29, 1.82) is 0 Å². The largest absolute Gasteiger partial charge is 0.480 e. The molecule has 2 unspecified atom stereocenters. The maximum absolute atomic E-state index is 11.9. The van der Waals surface area contributed by atoms with Crippen LogP contribution in [-0.4, -0.2) is 23.0 Å². The van der Waals surface area contributed by atoms with Gasteiger partial charge in [0.15, 0.2) is 0 Å². The van der Waals surface area contributed by atoms with Crippen LogP contribution in [0.15, 0.2) is 24.3 Å². The molecule has 1 aliphatic carbocycles. The molecule has 0 saturated heterocycles. The van der Waals surface area contributed by atoms with Crippen LogP contribution in [0.4, 0.5) is 0 Å². The number of hydrogen-bond donors (Lipinski definition) is 2. The number of carboxylic acid groups (broad SMARTS) is 1. The van der Waals surface area contributed by atoms with Crippen LogP contribution in [-0.2, 0) is 16.0 Å². The van der Waals surface area contributed by atoms with Crippen LogP contribution < -0.4 is 5.32 Å². The summed E-state index contributed by atoms with van der Waals surface area (Å²) in [4.78, 5) is 23.4. The average Bonchev–Trinajstić information content (AvgIpc) is 2.46. The molecule has 0 saturated carbocycles. The summed E-state index contributed by atoms with van der Waals surface area (Å²) in [5.74, 6) is -0.679. The zero-order chi connectivity index (χ0) is 16.1. The molecule has 22 heavy (non-hydrogen) atoms. The Kier molecular flexibility index (Phi) is 5.58. The van der Waals surface area contributed by atoms with Gasteiger partial charge in [-0.3, -0.25) is 4.79 Å². The van der Waals surface area contributed by atoms with Gasteiger partial charge in [-0.1, -0.05) is 38.1 Å². The highest BCUT2D eigenvalue weighted by molar-refractivity contribution is 5.83. The van der Waals surface area contributed by atoms with Crippen LogP contribution in [0.5, 0.6) is 0 Å². The van der Waals surface area contributed by atoms with E-state index in [1.54, 1.807) is 0 Å². The molecule has 0 spiro atoms. The summed E-state index contributed by atoms with van der Waals surface area (Å²) >= 11 is 0. The number of carboxylic acids is 1. The van der Waals surface area contributed by atoms with Gasteiger partial charge in [0.05, 0.1) is 0 Å². The molecular weight excluding hydrogens is 278 g/mol. The molecule has 4 nitrogen and oxygen atoms in total. The predicted molar refractivity (Wildman–Crippen MR) is 85.8 cm³/mol. The molecule has 120 valence electrons. The van der Waals surface area contributed by atoms with Crippen molar-refractivity contribution in [1.82, 2.24) is 5.32 Å². The monoisotopic (exact) mass is 303 g/mol. The second-order valence-corrected chi connectivity index (χ2v) is 6.58. The van der Waals surface area contributed by atoms with Gasteiger partial charge in [-0.05, 0) is 48.6 Å². The van der Waals surface area contributed by atoms with Crippen molar-refractivity contribution in [3.8, 4) is 0 Å². The third-order valence-electron chi connectivity index (χ3n) is 4.24. The fourth-order valence-electron chi connectivity index (χ4n) is 3.23. The molecule has 4 heteroatoms. The Hall–Kier alpha value is -1.84. The zero-order valence-electron chi connectivity index (χ0n) is 13.3. The first-order valence-electron chi connectivity index (χ1n) is 8.07. The van der Waals surface area contributed by atoms with Crippen LogP contribution in [0.2, 0.25) is 0 Å². The lowest BCUT2D eigenvalue weighted by Crippen LogP contribution is -2.42. The average molecular weight is 303 g/mol. The van der Waals surface area contributed by atoms with Gasteiger partial charge in [-0.2, -0.15) is 0 Å². The second-order valence-electron chi connectivity index (χ2n) is 6.58. The molecule has 0 radical (unpaired) electrons. The van der Waals surface area contributed by atoms with Gasteiger partial charge < -0.3 is 10.4 Å². The van der Waals surface area contributed by atoms with E-state index >= 15 is 0 Å². The Morgan fingerprint density at radius 1 is 1.32 bits per heavy atom. The Labute approximate surface area is 131 Å². The summed E-state index contributed by atoms with van der Waals surface area (Å²) < 4.78 is 0. The molecule has 1 amide bonds. The van der Waals surface area contributed by atoms with E-state index in [2.05, 4.69) is 17.4 Å². The number of rotatable bonds is 6. The smallest absolute Gasteiger partial charge is 0.326 e. The quantitative estimate of drug-likeness (QED) is 0.848. The standard InChI is InChI=1S/C18H25NO3/c1-12(2)10-17(20)19-16(18(21)22)11-14-8-5-7-13-6-3-4-9-15(13)14/h3-4,6,9,12,14,16H,5,7-8,10-11H2,1-2H3,(H,19,20)(H,21,22). The van der Waals surface area contributed by atoms with E-state index in [9.17, 15) is 14.7 Å². The van der Waals surface area contributed by atoms with Crippen molar-refractivity contribution in [2.75, 3.05) is 0 Å². The fourth-order valence-corrected chi connectivity index (χ4v) is 3.23. The molecule has 0 bridgehead atoms. The van der Waals surface area contributed by atoms with E-state index in [0.29, 0.717) is 12.8 Å². The summed E-state index contributed by atoms with van der Waals surface area (Å²) in [6.07, 6.45) is 3.96. The molecular formula is C18H25NO3. The topological polar surface area (TPSA) is 66.4 Å². The van der Waals surface area contributed by atoms with Crippen molar-refractivity contribution in [2.24, 2.45) is 5.92 Å². The highest BCUT2D eigenvalue weighted by atomic mass is 16.4. The molecule has 0 heterocycles. The van der Waals surface area contributed by atoms with Crippen LogP contribution in [0, 0.1) is 5.92 Å². The van der Waals surface area contributed by atoms with Gasteiger partial charge in [0.2, 0.25) is 5.91 Å². The molecule has 1 aromatic rings. The zero-order valence-corrected chi connectivity index (χ0v) is 13.3. The van der Waals surface area contributed by atoms with Gasteiger partial charge >= 0.3 is 5.97 Å². The molecule has 1 aliphatic rings. The molecule has 2 rings (SSSR count). The Bertz CT molecular complexity index is 539. The summed E-state index contributed by atoms with van der Waals surface area (Å²) in [6, 6.07) is 7.44. The summed E-state index contributed by atoms with van der Waals surface area (Å²) in [5, 5.41) is 12.1. The van der Waals surface area contributed by atoms with Crippen LogP contribution in [0.25, 0.3) is 0 Å². The number of aryl methyl sites for hydroxylation is 1. The third kappa shape index (κ3) is 4.33. The minimum atomic E-state index is -0.944. The first kappa shape index (κ1) is 16.5. The van der Waals surface area contributed by atoms with E-state index in [0.717, 1.165) is 19.3 Å². The second kappa shape index (κ2) is 7.43. The minimum Gasteiger partial charge on any atom is -0.480 e. The first-order valence-corrected chi connectivity index (χ1v) is 8.07. The lowest BCUT2D eigenvalue weighted by Gasteiger charge is -2.28. The van der Waals surface area contributed by atoms with Crippen LogP contribution in [0.3, 0.4) is 0 Å². The summed E-state index contributed by atoms with van der Waals surface area (Å²) in [7, 11) is 0. The number of amides is 1. The molecule has 0 aliphatic heterocycles. The number of hydrogen-bond acceptors (Lipinski definition) is 2. The van der Waals surface area contributed by atoms with E-state index in [4.69, 9.17) is 0 Å². The molecule has 0 aromatic heterocycles. The first-order chi connectivity index (χ1) is 10.5. The molecule has 2 N–H and O–H groups in total. The molecule has 2 atom stereocenters. The fraction of sp³-hybridized carbons (Fsp3) is 0.556. The van der Waals surface area contributed by atoms with Crippen molar-refractivity contribution >= 4 is 11.9 Å². The predicted octanol–water partition coefficient (Wildman–Crippen LogP) is 3.11. The number of aliphatic carboxylic acids is 1. The van der Waals surface area contributed by atoms with Gasteiger partial charge in [0.1, 0.15) is 6.04 Å². The van der Waals surface area contributed by atoms with E-state index < -0.39 is 12.0 Å². The normalized spacial score (nSPS) is 18.6. The SMILES string of the molecule is CC(C)CC(=O)NC(CC1CCCc2ccccc21)C(=O)O.